The van der Waals surface area contributed by atoms with E-state index in [0.29, 0.717) is 6.04 Å². The first kappa shape index (κ1) is 10.0. The van der Waals surface area contributed by atoms with E-state index in [4.69, 9.17) is 0 Å². The summed E-state index contributed by atoms with van der Waals surface area (Å²) in [5.74, 6) is 0. The van der Waals surface area contributed by atoms with E-state index in [0.717, 1.165) is 24.7 Å². The quantitative estimate of drug-likeness (QED) is 0.588. The van der Waals surface area contributed by atoms with E-state index in [2.05, 4.69) is 15.9 Å². The second kappa shape index (κ2) is 4.34. The second-order valence-electron chi connectivity index (χ2n) is 3.81. The average Bonchev–Trinajstić information content (AvgIpc) is 2.95. The summed E-state index contributed by atoms with van der Waals surface area (Å²) < 4.78 is 3.69. The smallest absolute Gasteiger partial charge is 0.299 e. The maximum atomic E-state index is 11.8. The van der Waals surface area contributed by atoms with Gasteiger partial charge < -0.3 is 0 Å². The Morgan fingerprint density at radius 3 is 2.79 bits per heavy atom. The standard InChI is InChI=1S/C10H15BrN2O/c11-5-1-2-6-12-7-8-13(10(12)14)9-3-4-9/h7-9H,1-6H2. The van der Waals surface area contributed by atoms with Gasteiger partial charge in [0.05, 0.1) is 0 Å². The van der Waals surface area contributed by atoms with Crippen molar-refractivity contribution in [3.63, 3.8) is 0 Å². The molecule has 4 heteroatoms. The van der Waals surface area contributed by atoms with E-state index in [1.807, 2.05) is 21.5 Å². The Morgan fingerprint density at radius 1 is 1.36 bits per heavy atom. The van der Waals surface area contributed by atoms with Gasteiger partial charge >= 0.3 is 5.69 Å². The number of halogens is 1. The molecule has 0 unspecified atom stereocenters. The molecule has 2 rings (SSSR count). The number of hydrogen-bond donors (Lipinski definition) is 0. The Bertz CT molecular complexity index is 351. The molecule has 14 heavy (non-hydrogen) atoms. The lowest BCUT2D eigenvalue weighted by molar-refractivity contribution is 0.588. The third-order valence-corrected chi connectivity index (χ3v) is 3.16. The Kier molecular flexibility index (Phi) is 3.11. The molecule has 0 N–H and O–H groups in total. The van der Waals surface area contributed by atoms with Crippen LogP contribution in [0.4, 0.5) is 0 Å². The molecule has 78 valence electrons. The highest BCUT2D eigenvalue weighted by Gasteiger charge is 2.25. The molecule has 1 saturated carbocycles. The van der Waals surface area contributed by atoms with E-state index in [-0.39, 0.29) is 5.69 Å². The Morgan fingerprint density at radius 2 is 2.14 bits per heavy atom. The lowest BCUT2D eigenvalue weighted by Gasteiger charge is -1.99. The molecule has 0 aliphatic heterocycles. The van der Waals surface area contributed by atoms with Gasteiger partial charge in [0.2, 0.25) is 0 Å². The van der Waals surface area contributed by atoms with Crippen LogP contribution < -0.4 is 5.69 Å². The van der Waals surface area contributed by atoms with Crippen molar-refractivity contribution in [2.45, 2.75) is 38.3 Å². The van der Waals surface area contributed by atoms with Gasteiger partial charge in [-0.1, -0.05) is 15.9 Å². The van der Waals surface area contributed by atoms with E-state index in [9.17, 15) is 4.79 Å². The summed E-state index contributed by atoms with van der Waals surface area (Å²) in [5, 5.41) is 1.02. The summed E-state index contributed by atoms with van der Waals surface area (Å²) in [6.07, 6.45) is 8.38. The van der Waals surface area contributed by atoms with Crippen LogP contribution in [-0.2, 0) is 6.54 Å². The highest BCUT2D eigenvalue weighted by Crippen LogP contribution is 2.33. The molecule has 1 aromatic rings. The van der Waals surface area contributed by atoms with Gasteiger partial charge in [-0.25, -0.2) is 4.79 Å². The van der Waals surface area contributed by atoms with Crippen molar-refractivity contribution < 1.29 is 0 Å². The van der Waals surface area contributed by atoms with Crippen LogP contribution >= 0.6 is 15.9 Å². The number of aryl methyl sites for hydroxylation is 1. The largest absolute Gasteiger partial charge is 0.328 e. The van der Waals surface area contributed by atoms with Gasteiger partial charge in [0.25, 0.3) is 0 Å². The van der Waals surface area contributed by atoms with Crippen LogP contribution in [0.5, 0.6) is 0 Å². The van der Waals surface area contributed by atoms with Gasteiger partial charge in [-0.15, -0.1) is 0 Å². The molecule has 1 aromatic heterocycles. The highest BCUT2D eigenvalue weighted by molar-refractivity contribution is 9.09. The number of alkyl halides is 1. The molecule has 1 fully saturated rings. The maximum Gasteiger partial charge on any atom is 0.328 e. The molecule has 1 aliphatic carbocycles. The molecule has 0 spiro atoms. The van der Waals surface area contributed by atoms with Crippen molar-refractivity contribution in [2.24, 2.45) is 0 Å². The number of nitrogens with zero attached hydrogens (tertiary/aromatic N) is 2. The lowest BCUT2D eigenvalue weighted by atomic mass is 10.3. The van der Waals surface area contributed by atoms with Gasteiger partial charge in [0.1, 0.15) is 0 Å². The molecular weight excluding hydrogens is 244 g/mol. The Hall–Kier alpha value is -0.510. The van der Waals surface area contributed by atoms with Crippen molar-refractivity contribution in [3.05, 3.63) is 22.9 Å². The third-order valence-electron chi connectivity index (χ3n) is 2.60. The van der Waals surface area contributed by atoms with Crippen molar-refractivity contribution in [3.8, 4) is 0 Å². The Labute approximate surface area is 91.9 Å². The first-order chi connectivity index (χ1) is 6.83. The van der Waals surface area contributed by atoms with Gasteiger partial charge in [0, 0.05) is 30.3 Å². The van der Waals surface area contributed by atoms with Gasteiger partial charge in [-0.05, 0) is 25.7 Å². The number of unbranched alkanes of at least 4 members (excludes halogenated alkanes) is 1. The van der Waals surface area contributed by atoms with Crippen LogP contribution in [0.15, 0.2) is 17.2 Å². The van der Waals surface area contributed by atoms with E-state index in [1.165, 1.54) is 12.8 Å². The minimum Gasteiger partial charge on any atom is -0.299 e. The number of hydrogen-bond acceptors (Lipinski definition) is 1. The summed E-state index contributed by atoms with van der Waals surface area (Å²) in [6.45, 7) is 0.851. The van der Waals surface area contributed by atoms with Crippen molar-refractivity contribution in [1.82, 2.24) is 9.13 Å². The second-order valence-corrected chi connectivity index (χ2v) is 4.60. The summed E-state index contributed by atoms with van der Waals surface area (Å²) in [6, 6.07) is 0.500. The topological polar surface area (TPSA) is 26.9 Å². The number of imidazole rings is 1. The van der Waals surface area contributed by atoms with Crippen LogP contribution in [0.1, 0.15) is 31.7 Å². The van der Waals surface area contributed by atoms with Gasteiger partial charge in [-0.2, -0.15) is 0 Å². The number of aromatic nitrogens is 2. The SMILES string of the molecule is O=c1n(CCCCBr)ccn1C1CC1. The molecule has 3 nitrogen and oxygen atoms in total. The van der Waals surface area contributed by atoms with Crippen molar-refractivity contribution in [1.29, 1.82) is 0 Å². The van der Waals surface area contributed by atoms with Crippen LogP contribution in [0, 0.1) is 0 Å². The zero-order valence-corrected chi connectivity index (χ0v) is 9.74. The highest BCUT2D eigenvalue weighted by atomic mass is 79.9. The van der Waals surface area contributed by atoms with Gasteiger partial charge in [0.15, 0.2) is 0 Å². The predicted octanol–water partition coefficient (Wildman–Crippen LogP) is 2.16. The fourth-order valence-corrected chi connectivity index (χ4v) is 2.00. The summed E-state index contributed by atoms with van der Waals surface area (Å²) in [5.41, 5.74) is 0.169. The molecule has 0 amide bonds. The van der Waals surface area contributed by atoms with E-state index >= 15 is 0 Å². The summed E-state index contributed by atoms with van der Waals surface area (Å²) in [4.78, 5) is 11.8. The lowest BCUT2D eigenvalue weighted by Crippen LogP contribution is -2.23. The molecule has 0 radical (unpaired) electrons. The third kappa shape index (κ3) is 2.11. The van der Waals surface area contributed by atoms with Gasteiger partial charge in [-0.3, -0.25) is 9.13 Å². The minimum atomic E-state index is 0.169. The summed E-state index contributed by atoms with van der Waals surface area (Å²) >= 11 is 3.39. The maximum absolute atomic E-state index is 11.8. The first-order valence-electron chi connectivity index (χ1n) is 5.16. The molecule has 0 bridgehead atoms. The van der Waals surface area contributed by atoms with E-state index < -0.39 is 0 Å². The van der Waals surface area contributed by atoms with E-state index in [1.54, 1.807) is 0 Å². The average molecular weight is 259 g/mol. The van der Waals surface area contributed by atoms with Crippen LogP contribution in [0.2, 0.25) is 0 Å². The first-order valence-corrected chi connectivity index (χ1v) is 6.28. The number of rotatable bonds is 5. The molecular formula is C10H15BrN2O. The molecule has 0 atom stereocenters. The molecule has 1 aliphatic rings. The monoisotopic (exact) mass is 258 g/mol. The van der Waals surface area contributed by atoms with Crippen molar-refractivity contribution >= 4 is 15.9 Å². The van der Waals surface area contributed by atoms with Crippen LogP contribution in [-0.4, -0.2) is 14.5 Å². The van der Waals surface area contributed by atoms with Crippen LogP contribution in [0.3, 0.4) is 0 Å². The normalized spacial score (nSPS) is 16.1. The summed E-state index contributed by atoms with van der Waals surface area (Å²) in [7, 11) is 0. The zero-order chi connectivity index (χ0) is 9.97. The van der Waals surface area contributed by atoms with Crippen LogP contribution in [0.25, 0.3) is 0 Å². The fraction of sp³-hybridized carbons (Fsp3) is 0.700. The molecule has 0 aromatic carbocycles. The fourth-order valence-electron chi connectivity index (χ4n) is 1.61. The molecule has 1 heterocycles. The minimum absolute atomic E-state index is 0.169. The predicted molar refractivity (Wildman–Crippen MR) is 60.0 cm³/mol. The van der Waals surface area contributed by atoms with Crippen molar-refractivity contribution in [2.75, 3.05) is 5.33 Å². The zero-order valence-electron chi connectivity index (χ0n) is 8.16. The Balaban J connectivity index is 2.00. The molecule has 0 saturated heterocycles.